The number of ether oxygens (including phenoxy) is 1. The van der Waals surface area contributed by atoms with Crippen molar-refractivity contribution >= 4 is 11.7 Å². The second kappa shape index (κ2) is 9.17. The average molecular weight is 380 g/mol. The van der Waals surface area contributed by atoms with E-state index in [4.69, 9.17) is 4.74 Å². The van der Waals surface area contributed by atoms with Gasteiger partial charge in [0.25, 0.3) is 5.91 Å². The zero-order valence-corrected chi connectivity index (χ0v) is 16.3. The van der Waals surface area contributed by atoms with Gasteiger partial charge in [0.05, 0.1) is 18.8 Å². The van der Waals surface area contributed by atoms with Crippen LogP contribution in [0.2, 0.25) is 0 Å². The van der Waals surface area contributed by atoms with Crippen LogP contribution in [0, 0.1) is 0 Å². The van der Waals surface area contributed by atoms with Crippen molar-refractivity contribution in [2.75, 3.05) is 44.3 Å². The van der Waals surface area contributed by atoms with Crippen molar-refractivity contribution in [3.63, 3.8) is 0 Å². The highest BCUT2D eigenvalue weighted by atomic mass is 16.5. The molecule has 0 radical (unpaired) electrons. The summed E-state index contributed by atoms with van der Waals surface area (Å²) in [7, 11) is 0. The lowest BCUT2D eigenvalue weighted by atomic mass is 10.1. The molecule has 0 unspecified atom stereocenters. The number of morpholine rings is 1. The topological polar surface area (TPSA) is 57.7 Å². The monoisotopic (exact) mass is 380 g/mol. The molecule has 6 nitrogen and oxygen atoms in total. The number of carbonyl (C=O) groups excluding carboxylic acids is 1. The van der Waals surface area contributed by atoms with Crippen molar-refractivity contribution < 1.29 is 9.53 Å². The van der Waals surface area contributed by atoms with Crippen molar-refractivity contribution in [3.8, 4) is 0 Å². The van der Waals surface area contributed by atoms with E-state index in [1.54, 1.807) is 6.20 Å². The molecule has 1 aromatic heterocycles. The predicted octanol–water partition coefficient (Wildman–Crippen LogP) is 2.44. The number of hydrogen-bond acceptors (Lipinski definition) is 5. The minimum Gasteiger partial charge on any atom is -0.379 e. The molecule has 2 aliphatic rings. The smallest absolute Gasteiger partial charge is 0.255 e. The molecule has 0 aliphatic carbocycles. The summed E-state index contributed by atoms with van der Waals surface area (Å²) in [5.41, 5.74) is 3.08. The summed E-state index contributed by atoms with van der Waals surface area (Å²) in [6, 6.07) is 12.0. The van der Waals surface area contributed by atoms with Crippen LogP contribution in [0.1, 0.15) is 34.3 Å². The predicted molar refractivity (Wildman–Crippen MR) is 109 cm³/mol. The summed E-state index contributed by atoms with van der Waals surface area (Å²) in [4.78, 5) is 22.0. The first-order valence-corrected chi connectivity index (χ1v) is 10.2. The summed E-state index contributed by atoms with van der Waals surface area (Å²) in [5, 5.41) is 3.11. The highest BCUT2D eigenvalue weighted by molar-refractivity contribution is 5.98. The molecule has 28 heavy (non-hydrogen) atoms. The van der Waals surface area contributed by atoms with Crippen LogP contribution >= 0.6 is 0 Å². The van der Waals surface area contributed by atoms with Crippen molar-refractivity contribution in [2.24, 2.45) is 0 Å². The highest BCUT2D eigenvalue weighted by Crippen LogP contribution is 2.22. The van der Waals surface area contributed by atoms with Gasteiger partial charge in [0, 0.05) is 45.5 Å². The van der Waals surface area contributed by atoms with Gasteiger partial charge in [-0.1, -0.05) is 24.3 Å². The highest BCUT2D eigenvalue weighted by Gasteiger charge is 2.20. The lowest BCUT2D eigenvalue weighted by Gasteiger charge is -2.27. The molecule has 2 fully saturated rings. The summed E-state index contributed by atoms with van der Waals surface area (Å²) < 4.78 is 5.44. The molecular formula is C22H28N4O2. The number of hydrogen-bond donors (Lipinski definition) is 1. The van der Waals surface area contributed by atoms with Gasteiger partial charge in [0.2, 0.25) is 0 Å². The van der Waals surface area contributed by atoms with E-state index >= 15 is 0 Å². The van der Waals surface area contributed by atoms with Gasteiger partial charge in [-0.3, -0.25) is 9.69 Å². The molecule has 0 spiro atoms. The average Bonchev–Trinajstić information content (AvgIpc) is 3.28. The van der Waals surface area contributed by atoms with E-state index in [0.717, 1.165) is 70.2 Å². The largest absolute Gasteiger partial charge is 0.379 e. The number of pyridine rings is 1. The van der Waals surface area contributed by atoms with Crippen molar-refractivity contribution in [1.29, 1.82) is 0 Å². The second-order valence-electron chi connectivity index (χ2n) is 7.41. The van der Waals surface area contributed by atoms with E-state index in [1.807, 2.05) is 18.2 Å². The van der Waals surface area contributed by atoms with E-state index in [-0.39, 0.29) is 5.91 Å². The van der Waals surface area contributed by atoms with Crippen LogP contribution in [0.5, 0.6) is 0 Å². The molecule has 6 heteroatoms. The third kappa shape index (κ3) is 4.51. The van der Waals surface area contributed by atoms with Gasteiger partial charge in [-0.25, -0.2) is 4.98 Å². The number of amides is 1. The maximum absolute atomic E-state index is 12.9. The summed E-state index contributed by atoms with van der Waals surface area (Å²) in [6.45, 7) is 6.85. The maximum atomic E-state index is 12.9. The Hall–Kier alpha value is -2.44. The molecular weight excluding hydrogens is 352 g/mol. The second-order valence-corrected chi connectivity index (χ2v) is 7.41. The zero-order chi connectivity index (χ0) is 19.2. The van der Waals surface area contributed by atoms with E-state index < -0.39 is 0 Å². The van der Waals surface area contributed by atoms with E-state index in [2.05, 4.69) is 38.3 Å². The number of nitrogens with zero attached hydrogens (tertiary/aromatic N) is 3. The quantitative estimate of drug-likeness (QED) is 0.834. The first-order valence-electron chi connectivity index (χ1n) is 10.2. The number of carbonyl (C=O) groups is 1. The van der Waals surface area contributed by atoms with Gasteiger partial charge in [0.15, 0.2) is 0 Å². The fourth-order valence-corrected chi connectivity index (χ4v) is 3.91. The fraction of sp³-hybridized carbons (Fsp3) is 0.455. The molecule has 0 atom stereocenters. The summed E-state index contributed by atoms with van der Waals surface area (Å²) in [5.74, 6) is 0.746. The van der Waals surface area contributed by atoms with Crippen molar-refractivity contribution in [2.45, 2.75) is 25.9 Å². The summed E-state index contributed by atoms with van der Waals surface area (Å²) in [6.07, 6.45) is 4.08. The van der Waals surface area contributed by atoms with Gasteiger partial charge in [0.1, 0.15) is 5.82 Å². The minimum absolute atomic E-state index is 0.0591. The lowest BCUT2D eigenvalue weighted by molar-refractivity contribution is 0.0340. The minimum atomic E-state index is -0.0591. The third-order valence-corrected chi connectivity index (χ3v) is 5.49. The molecule has 1 amide bonds. The zero-order valence-electron chi connectivity index (χ0n) is 16.3. The van der Waals surface area contributed by atoms with Crippen LogP contribution in [0.4, 0.5) is 5.82 Å². The van der Waals surface area contributed by atoms with Gasteiger partial charge >= 0.3 is 0 Å². The summed E-state index contributed by atoms with van der Waals surface area (Å²) >= 11 is 0. The Balaban J connectivity index is 1.43. The molecule has 1 aromatic carbocycles. The van der Waals surface area contributed by atoms with Gasteiger partial charge in [-0.15, -0.1) is 0 Å². The van der Waals surface area contributed by atoms with Crippen molar-refractivity contribution in [1.82, 2.24) is 15.2 Å². The van der Waals surface area contributed by atoms with Crippen LogP contribution in [0.15, 0.2) is 42.6 Å². The Morgan fingerprint density at radius 1 is 1.00 bits per heavy atom. The van der Waals surface area contributed by atoms with Gasteiger partial charge < -0.3 is 15.0 Å². The number of benzene rings is 1. The molecule has 0 bridgehead atoms. The maximum Gasteiger partial charge on any atom is 0.255 e. The Bertz CT molecular complexity index is 799. The molecule has 4 rings (SSSR count). The Morgan fingerprint density at radius 3 is 2.54 bits per heavy atom. The molecule has 2 aromatic rings. The molecule has 1 N–H and O–H groups in total. The van der Waals surface area contributed by atoms with E-state index in [9.17, 15) is 4.79 Å². The SMILES string of the molecule is O=C(NCc1ccccc1CN1CCOCC1)c1cccnc1N1CCCC1. The normalized spacial score (nSPS) is 17.6. The van der Waals surface area contributed by atoms with E-state index in [0.29, 0.717) is 12.1 Å². The van der Waals surface area contributed by atoms with Crippen molar-refractivity contribution in [3.05, 3.63) is 59.3 Å². The van der Waals surface area contributed by atoms with Crippen LogP contribution < -0.4 is 10.2 Å². The molecule has 148 valence electrons. The first kappa shape index (κ1) is 18.9. The Labute approximate surface area is 166 Å². The Morgan fingerprint density at radius 2 is 1.75 bits per heavy atom. The van der Waals surface area contributed by atoms with Gasteiger partial charge in [-0.05, 0) is 36.1 Å². The lowest BCUT2D eigenvalue weighted by Crippen LogP contribution is -2.36. The van der Waals surface area contributed by atoms with E-state index in [1.165, 1.54) is 5.56 Å². The van der Waals surface area contributed by atoms with Gasteiger partial charge in [-0.2, -0.15) is 0 Å². The fourth-order valence-electron chi connectivity index (χ4n) is 3.91. The van der Waals surface area contributed by atoms with Crippen LogP contribution in [0.25, 0.3) is 0 Å². The molecule has 0 saturated carbocycles. The standard InChI is InChI=1S/C22H28N4O2/c27-22(20-8-5-9-23-21(20)26-10-3-4-11-26)24-16-18-6-1-2-7-19(18)17-25-12-14-28-15-13-25/h1-2,5-9H,3-4,10-17H2,(H,24,27). The third-order valence-electron chi connectivity index (χ3n) is 5.49. The number of rotatable bonds is 6. The van der Waals surface area contributed by atoms with Crippen LogP contribution in [0.3, 0.4) is 0 Å². The number of anilines is 1. The van der Waals surface area contributed by atoms with Crippen LogP contribution in [-0.2, 0) is 17.8 Å². The number of nitrogens with one attached hydrogen (secondary N) is 1. The molecule has 2 saturated heterocycles. The molecule has 3 heterocycles. The first-order chi connectivity index (χ1) is 13.8. The Kier molecular flexibility index (Phi) is 6.19. The van der Waals surface area contributed by atoms with Crippen LogP contribution in [-0.4, -0.2) is 55.2 Å². The number of aromatic nitrogens is 1. The molecule has 2 aliphatic heterocycles.